The van der Waals surface area contributed by atoms with E-state index in [1.807, 2.05) is 13.8 Å². The fourth-order valence-corrected chi connectivity index (χ4v) is 2.77. The van der Waals surface area contributed by atoms with Crippen molar-refractivity contribution < 1.29 is 5.11 Å². The molecule has 0 spiro atoms. The van der Waals surface area contributed by atoms with Crippen molar-refractivity contribution in [2.75, 3.05) is 6.54 Å². The highest BCUT2D eigenvalue weighted by molar-refractivity contribution is 5.03. The first-order valence-corrected chi connectivity index (χ1v) is 7.11. The van der Waals surface area contributed by atoms with Crippen LogP contribution in [0.25, 0.3) is 0 Å². The standard InChI is InChI=1S/C14H23N3O2/c1-3-11-8-14(19)16-13(15-11)9-17-7-5-4-6-12(17)10(2)18/h8,10,12,18H,3-7,9H2,1-2H3,(H,15,16,19). The van der Waals surface area contributed by atoms with Crippen LogP contribution in [0.2, 0.25) is 0 Å². The summed E-state index contributed by atoms with van der Waals surface area (Å²) >= 11 is 0. The molecule has 19 heavy (non-hydrogen) atoms. The highest BCUT2D eigenvalue weighted by Crippen LogP contribution is 2.21. The predicted molar refractivity (Wildman–Crippen MR) is 74.0 cm³/mol. The molecule has 2 N–H and O–H groups in total. The first-order valence-electron chi connectivity index (χ1n) is 7.11. The average molecular weight is 265 g/mol. The van der Waals surface area contributed by atoms with E-state index in [9.17, 15) is 9.90 Å². The van der Waals surface area contributed by atoms with Gasteiger partial charge in [-0.25, -0.2) is 4.98 Å². The molecule has 1 aliphatic heterocycles. The molecule has 0 aromatic carbocycles. The Balaban J connectivity index is 2.14. The van der Waals surface area contributed by atoms with E-state index >= 15 is 0 Å². The quantitative estimate of drug-likeness (QED) is 0.854. The zero-order valence-electron chi connectivity index (χ0n) is 11.7. The number of piperidine rings is 1. The number of aromatic amines is 1. The van der Waals surface area contributed by atoms with Gasteiger partial charge in [-0.2, -0.15) is 0 Å². The minimum Gasteiger partial charge on any atom is -0.392 e. The Morgan fingerprint density at radius 3 is 3.05 bits per heavy atom. The number of nitrogens with zero attached hydrogens (tertiary/aromatic N) is 2. The van der Waals surface area contributed by atoms with E-state index in [0.29, 0.717) is 12.4 Å². The van der Waals surface area contributed by atoms with Crippen LogP contribution in [0, 0.1) is 0 Å². The molecule has 0 amide bonds. The number of nitrogens with one attached hydrogen (secondary N) is 1. The minimum absolute atomic E-state index is 0.0903. The van der Waals surface area contributed by atoms with Gasteiger partial charge in [0, 0.05) is 17.8 Å². The molecule has 1 saturated heterocycles. The summed E-state index contributed by atoms with van der Waals surface area (Å²) in [5, 5.41) is 9.85. The Morgan fingerprint density at radius 1 is 1.58 bits per heavy atom. The van der Waals surface area contributed by atoms with Gasteiger partial charge in [0.05, 0.1) is 12.6 Å². The Morgan fingerprint density at radius 2 is 2.37 bits per heavy atom. The van der Waals surface area contributed by atoms with Gasteiger partial charge in [0.25, 0.3) is 5.56 Å². The van der Waals surface area contributed by atoms with Gasteiger partial charge < -0.3 is 10.1 Å². The topological polar surface area (TPSA) is 69.2 Å². The van der Waals surface area contributed by atoms with Crippen LogP contribution < -0.4 is 5.56 Å². The van der Waals surface area contributed by atoms with Gasteiger partial charge in [-0.1, -0.05) is 13.3 Å². The maximum atomic E-state index is 11.6. The first kappa shape index (κ1) is 14.2. The zero-order chi connectivity index (χ0) is 13.8. The fraction of sp³-hybridized carbons (Fsp3) is 0.714. The van der Waals surface area contributed by atoms with E-state index in [-0.39, 0.29) is 17.7 Å². The molecule has 5 heteroatoms. The number of hydrogen-bond acceptors (Lipinski definition) is 4. The second-order valence-electron chi connectivity index (χ2n) is 5.31. The minimum atomic E-state index is -0.346. The highest BCUT2D eigenvalue weighted by atomic mass is 16.3. The molecular weight excluding hydrogens is 242 g/mol. The van der Waals surface area contributed by atoms with Gasteiger partial charge in [-0.3, -0.25) is 9.69 Å². The molecular formula is C14H23N3O2. The van der Waals surface area contributed by atoms with Crippen molar-refractivity contribution in [1.82, 2.24) is 14.9 Å². The summed E-state index contributed by atoms with van der Waals surface area (Å²) in [5.74, 6) is 0.705. The molecule has 1 aromatic rings. The molecule has 1 aliphatic rings. The Hall–Kier alpha value is -1.20. The average Bonchev–Trinajstić information content (AvgIpc) is 2.38. The number of hydrogen-bond donors (Lipinski definition) is 2. The van der Waals surface area contributed by atoms with Gasteiger partial charge in [0.2, 0.25) is 0 Å². The Kier molecular flexibility index (Phi) is 4.71. The van der Waals surface area contributed by atoms with E-state index in [1.165, 1.54) is 0 Å². The van der Waals surface area contributed by atoms with Gasteiger partial charge in [0.15, 0.2) is 0 Å². The molecule has 1 aromatic heterocycles. The van der Waals surface area contributed by atoms with Gasteiger partial charge in [-0.15, -0.1) is 0 Å². The number of rotatable bonds is 4. The van der Waals surface area contributed by atoms with Crippen molar-refractivity contribution in [3.63, 3.8) is 0 Å². The van der Waals surface area contributed by atoms with E-state index < -0.39 is 0 Å². The fourth-order valence-electron chi connectivity index (χ4n) is 2.77. The molecule has 0 saturated carbocycles. The third-order valence-electron chi connectivity index (χ3n) is 3.78. The number of H-pyrrole nitrogens is 1. The van der Waals surface area contributed by atoms with Crippen molar-refractivity contribution in [3.8, 4) is 0 Å². The van der Waals surface area contributed by atoms with Crippen molar-refractivity contribution in [2.24, 2.45) is 0 Å². The highest BCUT2D eigenvalue weighted by Gasteiger charge is 2.26. The smallest absolute Gasteiger partial charge is 0.251 e. The predicted octanol–water partition coefficient (Wildman–Crippen LogP) is 1.07. The SMILES string of the molecule is CCc1cc(=O)[nH]c(CN2CCCCC2C(C)O)n1. The number of likely N-dealkylation sites (tertiary alicyclic amines) is 1. The zero-order valence-corrected chi connectivity index (χ0v) is 11.7. The second kappa shape index (κ2) is 6.30. The summed E-state index contributed by atoms with van der Waals surface area (Å²) in [6.45, 7) is 5.39. The molecule has 2 heterocycles. The van der Waals surface area contributed by atoms with Crippen molar-refractivity contribution >= 4 is 0 Å². The lowest BCUT2D eigenvalue weighted by Crippen LogP contribution is -2.45. The van der Waals surface area contributed by atoms with Gasteiger partial charge in [0.1, 0.15) is 5.82 Å². The van der Waals surface area contributed by atoms with Crippen LogP contribution in [0.4, 0.5) is 0 Å². The number of aromatic nitrogens is 2. The molecule has 2 rings (SSSR count). The summed E-state index contributed by atoms with van der Waals surface area (Å²) in [5.41, 5.74) is 0.733. The van der Waals surface area contributed by atoms with Crippen LogP contribution in [0.1, 0.15) is 44.6 Å². The van der Waals surface area contributed by atoms with Crippen LogP contribution in [0.3, 0.4) is 0 Å². The van der Waals surface area contributed by atoms with Crippen molar-refractivity contribution in [1.29, 1.82) is 0 Å². The largest absolute Gasteiger partial charge is 0.392 e. The third kappa shape index (κ3) is 3.64. The first-order chi connectivity index (χ1) is 9.10. The molecule has 5 nitrogen and oxygen atoms in total. The van der Waals surface area contributed by atoms with Crippen LogP contribution in [0.15, 0.2) is 10.9 Å². The van der Waals surface area contributed by atoms with Gasteiger partial charge >= 0.3 is 0 Å². The maximum Gasteiger partial charge on any atom is 0.251 e. The summed E-state index contributed by atoms with van der Waals surface area (Å²) < 4.78 is 0. The maximum absolute atomic E-state index is 11.6. The van der Waals surface area contributed by atoms with E-state index in [0.717, 1.165) is 37.9 Å². The molecule has 0 bridgehead atoms. The summed E-state index contributed by atoms with van der Waals surface area (Å²) in [7, 11) is 0. The molecule has 106 valence electrons. The van der Waals surface area contributed by atoms with E-state index in [1.54, 1.807) is 6.07 Å². The molecule has 0 aliphatic carbocycles. The molecule has 0 radical (unpaired) electrons. The molecule has 1 fully saturated rings. The van der Waals surface area contributed by atoms with Crippen LogP contribution in [-0.2, 0) is 13.0 Å². The number of aliphatic hydroxyl groups is 1. The normalized spacial score (nSPS) is 22.4. The number of aliphatic hydroxyl groups excluding tert-OH is 1. The van der Waals surface area contributed by atoms with Crippen LogP contribution in [0.5, 0.6) is 0 Å². The van der Waals surface area contributed by atoms with E-state index in [4.69, 9.17) is 0 Å². The van der Waals surface area contributed by atoms with Crippen molar-refractivity contribution in [2.45, 2.75) is 58.2 Å². The van der Waals surface area contributed by atoms with Gasteiger partial charge in [-0.05, 0) is 32.7 Å². The lowest BCUT2D eigenvalue weighted by molar-refractivity contribution is 0.0301. The molecule has 2 unspecified atom stereocenters. The van der Waals surface area contributed by atoms with Crippen LogP contribution in [-0.4, -0.2) is 38.7 Å². The Labute approximate surface area is 113 Å². The van der Waals surface area contributed by atoms with Crippen molar-refractivity contribution in [3.05, 3.63) is 27.9 Å². The van der Waals surface area contributed by atoms with E-state index in [2.05, 4.69) is 14.9 Å². The second-order valence-corrected chi connectivity index (χ2v) is 5.31. The Bertz CT molecular complexity index is 470. The monoisotopic (exact) mass is 265 g/mol. The lowest BCUT2D eigenvalue weighted by Gasteiger charge is -2.37. The summed E-state index contributed by atoms with van der Waals surface area (Å²) in [6, 6.07) is 1.72. The molecule has 2 atom stereocenters. The van der Waals surface area contributed by atoms with Crippen LogP contribution >= 0.6 is 0 Å². The third-order valence-corrected chi connectivity index (χ3v) is 3.78. The lowest BCUT2D eigenvalue weighted by atomic mass is 9.98. The summed E-state index contributed by atoms with van der Waals surface area (Å²) in [4.78, 5) is 21.1. The number of aryl methyl sites for hydroxylation is 1. The summed E-state index contributed by atoms with van der Waals surface area (Å²) in [6.07, 6.45) is 3.72.